The Balaban J connectivity index is 0.00000400. The molecule has 5 heterocycles. The number of nitrogens with zero attached hydrogens (tertiary/aromatic N) is 2. The van der Waals surface area contributed by atoms with Crippen molar-refractivity contribution in [3.05, 3.63) is 57.7 Å². The van der Waals surface area contributed by atoms with E-state index < -0.39 is 29.8 Å². The normalized spacial score (nSPS) is 44.1. The second kappa shape index (κ2) is 13.4. The van der Waals surface area contributed by atoms with Crippen LogP contribution in [-0.2, 0) is 19.1 Å². The first-order valence-electron chi connectivity index (χ1n) is 16.5. The third kappa shape index (κ3) is 5.71. The molecule has 5 aliphatic heterocycles. The molecule has 0 aromatic rings. The fraction of sp³-hybridized carbons (Fsp3) is 0.686. The van der Waals surface area contributed by atoms with Crippen LogP contribution in [0.25, 0.3) is 10.6 Å². The van der Waals surface area contributed by atoms with Gasteiger partial charge < -0.3 is 31.1 Å². The topological polar surface area (TPSA) is 133 Å². The summed E-state index contributed by atoms with van der Waals surface area (Å²) in [6, 6.07) is -0.202. The number of carboxylic acid groups (broad SMARTS) is 1. The van der Waals surface area contributed by atoms with Crippen molar-refractivity contribution in [2.24, 2.45) is 35.5 Å². The molecule has 0 aromatic carbocycles. The summed E-state index contributed by atoms with van der Waals surface area (Å²) < 4.78 is 5.22. The first-order chi connectivity index (χ1) is 21.0. The van der Waals surface area contributed by atoms with E-state index in [2.05, 4.69) is 51.0 Å². The van der Waals surface area contributed by atoms with Crippen LogP contribution in [0.1, 0.15) is 60.3 Å². The zero-order valence-electron chi connectivity index (χ0n) is 27.5. The number of esters is 1. The maximum Gasteiger partial charge on any atom is 2.00 e. The van der Waals surface area contributed by atoms with Crippen molar-refractivity contribution in [3.8, 4) is 0 Å². The molecular weight excluding hydrogens is 581 g/mol. The predicted molar refractivity (Wildman–Crippen MR) is 175 cm³/mol. The summed E-state index contributed by atoms with van der Waals surface area (Å²) in [6.45, 7) is 15.1. The van der Waals surface area contributed by atoms with Crippen LogP contribution < -0.4 is 10.6 Å². The fourth-order valence-corrected chi connectivity index (χ4v) is 9.89. The molecule has 14 atom stereocenters. The first kappa shape index (κ1) is 34.5. The average molecular weight is 629 g/mol. The van der Waals surface area contributed by atoms with Gasteiger partial charge in [0.15, 0.2) is 0 Å². The monoisotopic (exact) mass is 628 g/mol. The number of ketones is 1. The van der Waals surface area contributed by atoms with Crippen molar-refractivity contribution in [3.63, 3.8) is 0 Å². The van der Waals surface area contributed by atoms with E-state index in [1.54, 1.807) is 6.08 Å². The van der Waals surface area contributed by atoms with Gasteiger partial charge in [0.25, 0.3) is 0 Å². The van der Waals surface area contributed by atoms with Gasteiger partial charge in [-0.25, -0.2) is 4.79 Å². The standard InChI is InChI=1S/C35H48N4O5.Mg/c1-8-19-15(3)22-12-24-17(5)21(10-11-28(40)41)32(38-24)30-31(35(43)44-7)34(42)29-18(6)25(39-33(29)30)14-27-20(9-2)16(4)23(37-27)13-26(19)36-22;/h8,10-11,15,18-19,22-27,29-33,37-38H,1,9,12-14H2,2-7H3,(H,40,41);/q-2;+2/b11-10+;/t15?,18?,19?,22?,23?,24?,25?,26?,27?,29?,30?,31-,32?,33?;/m1./s1. The van der Waals surface area contributed by atoms with Crippen molar-refractivity contribution >= 4 is 40.8 Å². The molecule has 10 heteroatoms. The molecular formula is C35H48MgN4O5. The molecule has 0 spiro atoms. The number of methoxy groups -OCH3 is 1. The van der Waals surface area contributed by atoms with E-state index in [0.717, 1.165) is 42.9 Å². The second-order valence-corrected chi connectivity index (χ2v) is 14.1. The summed E-state index contributed by atoms with van der Waals surface area (Å²) in [7, 11) is 1.33. The molecule has 6 rings (SSSR count). The minimum Gasteiger partial charge on any atom is -0.656 e. The molecule has 6 aliphatic rings. The van der Waals surface area contributed by atoms with Gasteiger partial charge in [-0.15, -0.1) is 30.7 Å². The maximum absolute atomic E-state index is 14.1. The molecule has 1 aliphatic carbocycles. The van der Waals surface area contributed by atoms with Crippen LogP contribution in [0.2, 0.25) is 0 Å². The molecule has 45 heavy (non-hydrogen) atoms. The van der Waals surface area contributed by atoms with Crippen LogP contribution in [0, 0.1) is 35.5 Å². The summed E-state index contributed by atoms with van der Waals surface area (Å²) in [4.78, 5) is 39.1. The minimum absolute atomic E-state index is 0. The van der Waals surface area contributed by atoms with E-state index in [9.17, 15) is 19.5 Å². The van der Waals surface area contributed by atoms with E-state index in [0.29, 0.717) is 5.92 Å². The van der Waals surface area contributed by atoms with Crippen LogP contribution in [-0.4, -0.2) is 101 Å². The van der Waals surface area contributed by atoms with E-state index in [4.69, 9.17) is 15.4 Å². The van der Waals surface area contributed by atoms with Crippen molar-refractivity contribution in [1.29, 1.82) is 0 Å². The Hall–Kier alpha value is -1.82. The van der Waals surface area contributed by atoms with E-state index >= 15 is 0 Å². The molecule has 0 radical (unpaired) electrons. The molecule has 0 aromatic heterocycles. The number of nitrogens with one attached hydrogen (secondary N) is 2. The van der Waals surface area contributed by atoms with Gasteiger partial charge in [0.05, 0.1) is 7.11 Å². The van der Waals surface area contributed by atoms with Crippen LogP contribution in [0.3, 0.4) is 0 Å². The number of carbonyl (C=O) groups excluding carboxylic acids is 2. The summed E-state index contributed by atoms with van der Waals surface area (Å²) in [5.74, 6) is -2.90. The largest absolute Gasteiger partial charge is 2.00 e. The third-order valence-corrected chi connectivity index (χ3v) is 12.2. The van der Waals surface area contributed by atoms with Crippen molar-refractivity contribution in [2.45, 2.75) is 109 Å². The average Bonchev–Trinajstić information content (AvgIpc) is 3.72. The second-order valence-electron chi connectivity index (χ2n) is 14.1. The van der Waals surface area contributed by atoms with E-state index in [1.165, 1.54) is 18.3 Å². The fourth-order valence-electron chi connectivity index (χ4n) is 9.89. The molecule has 9 nitrogen and oxygen atoms in total. The van der Waals surface area contributed by atoms with Crippen molar-refractivity contribution < 1.29 is 24.2 Å². The van der Waals surface area contributed by atoms with Gasteiger partial charge in [-0.2, -0.15) is 0 Å². The number of carbonyl (C=O) groups is 3. The van der Waals surface area contributed by atoms with Crippen molar-refractivity contribution in [2.75, 3.05) is 7.11 Å². The zero-order valence-corrected chi connectivity index (χ0v) is 28.9. The Labute approximate surface area is 283 Å². The Bertz CT molecular complexity index is 1330. The number of hydrogen-bond donors (Lipinski definition) is 3. The first-order valence-corrected chi connectivity index (χ1v) is 16.5. The van der Waals surface area contributed by atoms with E-state index in [-0.39, 0.29) is 88.9 Å². The Morgan fingerprint density at radius 1 is 1.00 bits per heavy atom. The van der Waals surface area contributed by atoms with Crippen LogP contribution in [0.15, 0.2) is 47.1 Å². The van der Waals surface area contributed by atoms with E-state index in [1.807, 2.05) is 6.92 Å². The van der Waals surface area contributed by atoms with Gasteiger partial charge in [-0.1, -0.05) is 61.5 Å². The predicted octanol–water partition coefficient (Wildman–Crippen LogP) is 4.08. The molecule has 4 fully saturated rings. The molecule has 0 amide bonds. The summed E-state index contributed by atoms with van der Waals surface area (Å²) in [5.41, 5.74) is 4.71. The van der Waals surface area contributed by atoms with Gasteiger partial charge in [-0.3, -0.25) is 9.59 Å². The number of Topliss-reactive ketones (excluding diaryl/α,β-unsaturated/α-hetero) is 1. The smallest absolute Gasteiger partial charge is 0.656 e. The third-order valence-electron chi connectivity index (χ3n) is 12.2. The minimum atomic E-state index is -1.04. The quantitative estimate of drug-likeness (QED) is 0.137. The summed E-state index contributed by atoms with van der Waals surface area (Å²) in [5, 5.41) is 28.1. The van der Waals surface area contributed by atoms with Crippen LogP contribution in [0.5, 0.6) is 0 Å². The number of carboxylic acids is 1. The van der Waals surface area contributed by atoms with Crippen LogP contribution in [0.4, 0.5) is 0 Å². The van der Waals surface area contributed by atoms with Gasteiger partial charge in [-0.05, 0) is 56.9 Å². The van der Waals surface area contributed by atoms with Gasteiger partial charge in [0.2, 0.25) is 0 Å². The summed E-state index contributed by atoms with van der Waals surface area (Å²) >= 11 is 0. The SMILES string of the molecule is C=CC1C2CC3NC(CC4[N-]C5C(C(=O)[C@H](C(=O)OC)C5C5NC(CC([N-]2)C1C)C(C)=C5/C=C/C(=O)O)C4C)C(CC)=C3C.[Mg+2]. The number of hydrogen-bond acceptors (Lipinski definition) is 6. The van der Waals surface area contributed by atoms with Gasteiger partial charge in [0.1, 0.15) is 11.7 Å². The van der Waals surface area contributed by atoms with Crippen LogP contribution >= 0.6 is 0 Å². The Morgan fingerprint density at radius 3 is 2.29 bits per heavy atom. The zero-order chi connectivity index (χ0) is 31.6. The molecule has 13 unspecified atom stereocenters. The number of ether oxygens (including phenoxy) is 1. The molecule has 240 valence electrons. The maximum atomic E-state index is 14.1. The number of aliphatic carboxylic acids is 1. The van der Waals surface area contributed by atoms with Gasteiger partial charge in [0, 0.05) is 36.2 Å². The molecule has 3 saturated heterocycles. The Morgan fingerprint density at radius 2 is 1.64 bits per heavy atom. The number of rotatable bonds is 5. The molecule has 1 saturated carbocycles. The summed E-state index contributed by atoms with van der Waals surface area (Å²) in [6.07, 6.45) is 8.34. The number of fused-ring (bicyclic) bond motifs is 8. The van der Waals surface area contributed by atoms with Crippen molar-refractivity contribution in [1.82, 2.24) is 10.6 Å². The van der Waals surface area contributed by atoms with Gasteiger partial charge >= 0.3 is 35.0 Å². The Kier molecular flexibility index (Phi) is 10.2. The molecule has 8 bridgehead atoms. The molecule has 3 N–H and O–H groups in total.